The van der Waals surface area contributed by atoms with Crippen LogP contribution < -0.4 is 0 Å². The molecule has 0 spiro atoms. The van der Waals surface area contributed by atoms with Crippen molar-refractivity contribution in [3.63, 3.8) is 0 Å². The lowest BCUT2D eigenvalue weighted by molar-refractivity contribution is -0.742. The third kappa shape index (κ3) is 311. The van der Waals surface area contributed by atoms with Gasteiger partial charge in [0.2, 0.25) is 0 Å². The molecule has 12 heteroatoms. The molecule has 0 aromatic carbocycles. The van der Waals surface area contributed by atoms with Crippen molar-refractivity contribution in [3.8, 4) is 0 Å². The number of hydrogen-bond donors (Lipinski definition) is 5. The highest BCUT2D eigenvalue weighted by Crippen LogP contribution is 2.25. The zero-order chi connectivity index (χ0) is 10.8. The molecule has 0 atom stereocenters. The van der Waals surface area contributed by atoms with Crippen molar-refractivity contribution < 1.29 is 34.7 Å². The zero-order valence-corrected chi connectivity index (χ0v) is 6.11. The Kier molecular flexibility index (Phi) is 13.7. The lowest BCUT2D eigenvalue weighted by Gasteiger charge is -1.82. The topological polar surface area (TPSA) is 191 Å². The maximum Gasteiger partial charge on any atom is 0.466 e. The third-order valence-electron chi connectivity index (χ3n) is 0. The summed E-state index contributed by atoms with van der Waals surface area (Å²) in [6.45, 7) is 0. The maximum absolute atomic E-state index is 8.88. The Bertz CT molecular complexity index is 144. The predicted molar refractivity (Wildman–Crippen MR) is 30.6 cm³/mol. The molecule has 12 heavy (non-hydrogen) atoms. The minimum atomic E-state index is -4.64. The standard InChI is InChI=1S/HNO3.HNO2.H3O4P/c2-1(3)4;2-1-3;1-5(2,3)4/h(H,2,3,4);(H,2,3);(H3,1,2,3,4). The van der Waals surface area contributed by atoms with Crippen LogP contribution in [0.5, 0.6) is 0 Å². The monoisotopic (exact) mass is 208 g/mol. The Morgan fingerprint density at radius 1 is 1.33 bits per heavy atom. The molecule has 0 heterocycles. The smallest absolute Gasteiger partial charge is 0.379 e. The quantitative estimate of drug-likeness (QED) is 0.141. The van der Waals surface area contributed by atoms with E-state index in [1.165, 1.54) is 5.34 Å². The highest BCUT2D eigenvalue weighted by Gasteiger charge is 2.00. The molecule has 0 rings (SSSR count). The normalized spacial score (nSPS) is 7.92. The van der Waals surface area contributed by atoms with Gasteiger partial charge in [0.1, 0.15) is 0 Å². The van der Waals surface area contributed by atoms with Gasteiger partial charge < -0.3 is 25.1 Å². The second kappa shape index (κ2) is 9.71. The molecule has 0 fully saturated rings. The molecule has 0 unspecified atom stereocenters. The Hall–Kier alpha value is -1.29. The highest BCUT2D eigenvalue weighted by atomic mass is 31.2. The van der Waals surface area contributed by atoms with Gasteiger partial charge >= 0.3 is 7.82 Å². The molecule has 0 aromatic rings. The molecule has 0 saturated heterocycles. The summed E-state index contributed by atoms with van der Waals surface area (Å²) in [6.07, 6.45) is 0. The SMILES string of the molecule is O=NO.O=P(O)(O)O.O=[N+]([O-])O. The van der Waals surface area contributed by atoms with Crippen molar-refractivity contribution in [2.24, 2.45) is 5.34 Å². The number of rotatable bonds is 0. The van der Waals surface area contributed by atoms with Gasteiger partial charge in [0.15, 0.2) is 5.34 Å². The molecule has 0 bridgehead atoms. The van der Waals surface area contributed by atoms with Gasteiger partial charge in [-0.25, -0.2) is 4.57 Å². The Morgan fingerprint density at radius 3 is 1.33 bits per heavy atom. The summed E-state index contributed by atoms with van der Waals surface area (Å²) in [5.74, 6) is 0. The van der Waals surface area contributed by atoms with E-state index >= 15 is 0 Å². The number of hydrogen-bond acceptors (Lipinski definition) is 5. The summed E-state index contributed by atoms with van der Waals surface area (Å²) in [5, 5.41) is 21.5. The summed E-state index contributed by atoms with van der Waals surface area (Å²) >= 11 is 0. The van der Waals surface area contributed by atoms with Gasteiger partial charge in [-0.15, -0.1) is 15.0 Å². The average Bonchev–Trinajstić information content (AvgIpc) is 1.56. The molecule has 0 aliphatic heterocycles. The minimum absolute atomic E-state index is 1.25. The molecule has 0 saturated carbocycles. The summed E-state index contributed by atoms with van der Waals surface area (Å²) in [5.41, 5.74) is 0. The fraction of sp³-hybridized carbons (Fsp3) is 0. The second-order valence-electron chi connectivity index (χ2n) is 0.833. The molecule has 0 aromatic heterocycles. The lowest BCUT2D eigenvalue weighted by Crippen LogP contribution is -1.81. The van der Waals surface area contributed by atoms with E-state index in [2.05, 4.69) is 0 Å². The molecule has 5 N–H and O–H groups in total. The van der Waals surface area contributed by atoms with Gasteiger partial charge in [-0.2, -0.15) is 0 Å². The van der Waals surface area contributed by atoms with Crippen LogP contribution in [0, 0.1) is 15.0 Å². The molecule has 11 nitrogen and oxygen atoms in total. The van der Waals surface area contributed by atoms with Crippen molar-refractivity contribution in [3.05, 3.63) is 15.0 Å². The van der Waals surface area contributed by atoms with Crippen molar-refractivity contribution in [1.29, 1.82) is 0 Å². The molecular formula is H5N2O9P. The first kappa shape index (κ1) is 17.0. The molecular weight excluding hydrogens is 203 g/mol. The zero-order valence-electron chi connectivity index (χ0n) is 5.21. The summed E-state index contributed by atoms with van der Waals surface area (Å²) in [4.78, 5) is 38.0. The summed E-state index contributed by atoms with van der Waals surface area (Å²) < 4.78 is 8.88. The van der Waals surface area contributed by atoms with E-state index in [0.717, 1.165) is 0 Å². The van der Waals surface area contributed by atoms with Crippen LogP contribution >= 0.6 is 7.82 Å². The Morgan fingerprint density at radius 2 is 1.33 bits per heavy atom. The van der Waals surface area contributed by atoms with Crippen LogP contribution in [-0.2, 0) is 4.57 Å². The van der Waals surface area contributed by atoms with Gasteiger partial charge in [-0.05, 0) is 0 Å². The van der Waals surface area contributed by atoms with Gasteiger partial charge in [0, 0.05) is 0 Å². The van der Waals surface area contributed by atoms with Crippen LogP contribution in [0.25, 0.3) is 0 Å². The molecule has 0 aliphatic rings. The van der Waals surface area contributed by atoms with E-state index < -0.39 is 12.9 Å². The van der Waals surface area contributed by atoms with E-state index in [4.69, 9.17) is 44.7 Å². The van der Waals surface area contributed by atoms with Crippen LogP contribution in [0.4, 0.5) is 0 Å². The minimum Gasteiger partial charge on any atom is -0.379 e. The summed E-state index contributed by atoms with van der Waals surface area (Å²) in [7, 11) is -4.64. The molecule has 0 aliphatic carbocycles. The molecule has 74 valence electrons. The van der Waals surface area contributed by atoms with Gasteiger partial charge in [-0.1, -0.05) is 0 Å². The van der Waals surface area contributed by atoms with E-state index in [-0.39, 0.29) is 0 Å². The second-order valence-corrected chi connectivity index (χ2v) is 1.86. The van der Waals surface area contributed by atoms with Crippen LogP contribution in [0.1, 0.15) is 0 Å². The van der Waals surface area contributed by atoms with Crippen LogP contribution in [0.15, 0.2) is 5.34 Å². The van der Waals surface area contributed by atoms with E-state index in [0.29, 0.717) is 0 Å². The van der Waals surface area contributed by atoms with Crippen LogP contribution in [0.3, 0.4) is 0 Å². The van der Waals surface area contributed by atoms with E-state index in [1.807, 2.05) is 0 Å². The number of phosphoric acid groups is 1. The average molecular weight is 208 g/mol. The van der Waals surface area contributed by atoms with Crippen LogP contribution in [-0.4, -0.2) is 30.2 Å². The van der Waals surface area contributed by atoms with Crippen LogP contribution in [0.2, 0.25) is 0 Å². The first-order chi connectivity index (χ1) is 5.15. The molecule has 0 amide bonds. The highest BCUT2D eigenvalue weighted by molar-refractivity contribution is 7.45. The Labute approximate surface area is 64.2 Å². The predicted octanol–water partition coefficient (Wildman–Crippen LogP) is -1.13. The largest absolute Gasteiger partial charge is 0.466 e. The van der Waals surface area contributed by atoms with Crippen molar-refractivity contribution in [1.82, 2.24) is 0 Å². The lowest BCUT2D eigenvalue weighted by atomic mass is 13.1. The fourth-order valence-corrected chi connectivity index (χ4v) is 0. The first-order valence-corrected chi connectivity index (χ1v) is 3.30. The van der Waals surface area contributed by atoms with Gasteiger partial charge in [0.25, 0.3) is 5.09 Å². The van der Waals surface area contributed by atoms with Gasteiger partial charge in [0.05, 0.1) is 0 Å². The van der Waals surface area contributed by atoms with Crippen molar-refractivity contribution in [2.75, 3.05) is 0 Å². The first-order valence-electron chi connectivity index (χ1n) is 1.73. The third-order valence-corrected chi connectivity index (χ3v) is 0. The molecule has 0 radical (unpaired) electrons. The fourth-order valence-electron chi connectivity index (χ4n) is 0. The summed E-state index contributed by atoms with van der Waals surface area (Å²) in [6, 6.07) is 0. The van der Waals surface area contributed by atoms with Crippen molar-refractivity contribution >= 4 is 7.82 Å². The van der Waals surface area contributed by atoms with E-state index in [1.54, 1.807) is 0 Å². The van der Waals surface area contributed by atoms with E-state index in [9.17, 15) is 0 Å². The van der Waals surface area contributed by atoms with Gasteiger partial charge in [-0.3, -0.25) is 0 Å². The Balaban J connectivity index is -0.000000105. The maximum atomic E-state index is 8.88. The van der Waals surface area contributed by atoms with Crippen molar-refractivity contribution in [2.45, 2.75) is 0 Å². The number of nitrogens with zero attached hydrogens (tertiary/aromatic N) is 2.